The highest BCUT2D eigenvalue weighted by atomic mass is 19.3. The number of carbonyl (C=O) groups excluding carboxylic acids is 2. The first-order valence-electron chi connectivity index (χ1n) is 15.4. The summed E-state index contributed by atoms with van der Waals surface area (Å²) in [6.07, 6.45) is 9.86. The maximum Gasteiger partial charge on any atom is 0.270 e. The minimum absolute atomic E-state index is 0.0102. The van der Waals surface area contributed by atoms with Crippen LogP contribution in [0.2, 0.25) is 0 Å². The van der Waals surface area contributed by atoms with Gasteiger partial charge in [0.15, 0.2) is 0 Å². The molecule has 1 heterocycles. The van der Waals surface area contributed by atoms with Crippen LogP contribution >= 0.6 is 0 Å². The van der Waals surface area contributed by atoms with Crippen LogP contribution in [-0.4, -0.2) is 61.9 Å². The van der Waals surface area contributed by atoms with Crippen molar-refractivity contribution in [2.75, 3.05) is 45.6 Å². The van der Waals surface area contributed by atoms with Crippen LogP contribution in [0.4, 0.5) is 14.5 Å². The van der Waals surface area contributed by atoms with Crippen molar-refractivity contribution in [3.63, 3.8) is 0 Å². The molecule has 0 unspecified atom stereocenters. The van der Waals surface area contributed by atoms with Gasteiger partial charge >= 0.3 is 0 Å². The van der Waals surface area contributed by atoms with E-state index < -0.39 is 5.92 Å². The maximum absolute atomic E-state index is 13.6. The number of halogens is 2. The molecule has 8 heteroatoms. The van der Waals surface area contributed by atoms with E-state index in [0.717, 1.165) is 49.7 Å². The molecule has 0 radical (unpaired) electrons. The van der Waals surface area contributed by atoms with E-state index in [-0.39, 0.29) is 28.7 Å². The molecule has 2 aromatic rings. The fourth-order valence-electron chi connectivity index (χ4n) is 5.90. The second-order valence-electron chi connectivity index (χ2n) is 13.2. The van der Waals surface area contributed by atoms with Crippen LogP contribution in [0.25, 0.3) is 0 Å². The third kappa shape index (κ3) is 8.88. The number of aryl methyl sites for hydroxylation is 1. The van der Waals surface area contributed by atoms with E-state index in [4.69, 9.17) is 0 Å². The van der Waals surface area contributed by atoms with Crippen LogP contribution in [0.3, 0.4) is 0 Å². The Morgan fingerprint density at radius 2 is 1.68 bits per heavy atom. The minimum Gasteiger partial charge on any atom is -0.388 e. The van der Waals surface area contributed by atoms with Crippen molar-refractivity contribution in [3.8, 4) is 0 Å². The molecule has 1 aliphatic carbocycles. The number of benzene rings is 2. The number of hydrogen-bond donors (Lipinski definition) is 2. The highest BCUT2D eigenvalue weighted by Gasteiger charge is 2.27. The van der Waals surface area contributed by atoms with E-state index in [9.17, 15) is 18.4 Å². The molecule has 1 fully saturated rings. The molecule has 0 aromatic heterocycles. The predicted molar refractivity (Wildman–Crippen MR) is 174 cm³/mol. The predicted octanol–water partition coefficient (Wildman–Crippen LogP) is 7.01. The average molecular weight is 605 g/mol. The molecule has 1 saturated heterocycles. The summed E-state index contributed by atoms with van der Waals surface area (Å²) in [7, 11) is 4.15. The quantitative estimate of drug-likeness (QED) is 0.306. The number of amides is 2. The van der Waals surface area contributed by atoms with Crippen LogP contribution in [0, 0.1) is 12.3 Å². The largest absolute Gasteiger partial charge is 0.388 e. The fourth-order valence-corrected chi connectivity index (χ4v) is 5.90. The highest BCUT2D eigenvalue weighted by molar-refractivity contribution is 6.07. The number of carbonyl (C=O) groups is 2. The summed E-state index contributed by atoms with van der Waals surface area (Å²) in [6.45, 7) is 10.2. The molecule has 0 atom stereocenters. The number of anilines is 1. The maximum atomic E-state index is 13.6. The molecule has 6 nitrogen and oxygen atoms in total. The van der Waals surface area contributed by atoms with Gasteiger partial charge in [-0.3, -0.25) is 9.59 Å². The van der Waals surface area contributed by atoms with Crippen LogP contribution in [0.5, 0.6) is 0 Å². The molecule has 2 N–H and O–H groups in total. The first-order valence-corrected chi connectivity index (χ1v) is 15.4. The number of allylic oxidation sites excluding steroid dienone is 3. The molecule has 236 valence electrons. The Labute approximate surface area is 260 Å². The van der Waals surface area contributed by atoms with Gasteiger partial charge in [-0.25, -0.2) is 8.78 Å². The number of rotatable bonds is 10. The second-order valence-corrected chi connectivity index (χ2v) is 13.2. The highest BCUT2D eigenvalue weighted by Crippen LogP contribution is 2.32. The lowest BCUT2D eigenvalue weighted by Crippen LogP contribution is -2.38. The Hall–Kier alpha value is -3.78. The molecular weight excluding hydrogens is 558 g/mol. The van der Waals surface area contributed by atoms with E-state index in [2.05, 4.69) is 43.5 Å². The van der Waals surface area contributed by atoms with Crippen molar-refractivity contribution in [1.29, 1.82) is 0 Å². The van der Waals surface area contributed by atoms with Gasteiger partial charge in [-0.15, -0.1) is 0 Å². The molecule has 0 saturated carbocycles. The zero-order valence-corrected chi connectivity index (χ0v) is 26.8. The lowest BCUT2D eigenvalue weighted by molar-refractivity contribution is -0.112. The van der Waals surface area contributed by atoms with E-state index in [1.807, 2.05) is 42.2 Å². The number of hydrogen-bond acceptors (Lipinski definition) is 4. The lowest BCUT2D eigenvalue weighted by atomic mass is 9.88. The van der Waals surface area contributed by atoms with Gasteiger partial charge in [-0.2, -0.15) is 0 Å². The van der Waals surface area contributed by atoms with Crippen molar-refractivity contribution < 1.29 is 18.4 Å². The molecule has 2 aromatic carbocycles. The van der Waals surface area contributed by atoms with Crippen molar-refractivity contribution in [2.24, 2.45) is 5.41 Å². The molecule has 4 rings (SSSR count). The van der Waals surface area contributed by atoms with Crippen molar-refractivity contribution in [2.45, 2.75) is 58.8 Å². The summed E-state index contributed by atoms with van der Waals surface area (Å²) < 4.78 is 27.2. The molecule has 44 heavy (non-hydrogen) atoms. The Kier molecular flexibility index (Phi) is 10.5. The third-order valence-electron chi connectivity index (χ3n) is 8.30. The summed E-state index contributed by atoms with van der Waals surface area (Å²) in [4.78, 5) is 30.6. The molecule has 2 amide bonds. The Morgan fingerprint density at radius 3 is 2.32 bits per heavy atom. The van der Waals surface area contributed by atoms with Crippen LogP contribution < -0.4 is 10.6 Å². The molecule has 2 aliphatic rings. The van der Waals surface area contributed by atoms with Gasteiger partial charge in [0.2, 0.25) is 0 Å². The van der Waals surface area contributed by atoms with Gasteiger partial charge in [-0.1, -0.05) is 56.3 Å². The monoisotopic (exact) mass is 604 g/mol. The average Bonchev–Trinajstić information content (AvgIpc) is 3.22. The van der Waals surface area contributed by atoms with E-state index in [0.29, 0.717) is 36.3 Å². The molecule has 1 aliphatic heterocycles. The zero-order valence-electron chi connectivity index (χ0n) is 26.8. The van der Waals surface area contributed by atoms with Crippen molar-refractivity contribution in [3.05, 3.63) is 100 Å². The number of alkyl halides is 2. The zero-order chi connectivity index (χ0) is 32.1. The van der Waals surface area contributed by atoms with E-state index in [1.165, 1.54) is 12.1 Å². The summed E-state index contributed by atoms with van der Waals surface area (Å²) in [6, 6.07) is 12.0. The normalized spacial score (nSPS) is 16.3. The van der Waals surface area contributed by atoms with Gasteiger partial charge in [-0.05, 0) is 80.6 Å². The number of piperidine rings is 1. The summed E-state index contributed by atoms with van der Waals surface area (Å²) >= 11 is 0. The molecule has 0 spiro atoms. The number of likely N-dealkylation sites (tertiary alicyclic amines) is 1. The second kappa shape index (κ2) is 13.9. The molecular formula is C36H46F2N4O2. The van der Waals surface area contributed by atoms with Gasteiger partial charge in [0.05, 0.1) is 0 Å². The standard InChI is InChI=1S/C36H46F2N4O2/c1-25-10-11-29(34(44)42-20-18-27(19-21-42)26-12-15-30(16-13-26)36(4,37)38)22-32(25)40-33(43)28-8-7-9-31(17-14-28)39-23-35(2,3)24-41(5)6/h7-8,10-17,22,27,39H,9,18-21,23-24H2,1-6H3,(H,40,43). The fraction of sp³-hybridized carbons (Fsp3) is 0.444. The SMILES string of the molecule is Cc1ccc(C(=O)N2CCC(c3ccc(C(C)(F)F)cc3)CC2)cc1NC(=O)C1=CC=C(NCC(C)(C)CN(C)C)CC=C1. The van der Waals surface area contributed by atoms with Gasteiger partial charge in [0.1, 0.15) is 0 Å². The van der Waals surface area contributed by atoms with Crippen molar-refractivity contribution in [1.82, 2.24) is 15.1 Å². The topological polar surface area (TPSA) is 64.7 Å². The first-order chi connectivity index (χ1) is 20.7. The van der Waals surface area contributed by atoms with Crippen molar-refractivity contribution >= 4 is 17.5 Å². The first kappa shape index (κ1) is 33.1. The van der Waals surface area contributed by atoms with E-state index in [1.54, 1.807) is 24.3 Å². The summed E-state index contributed by atoms with van der Waals surface area (Å²) in [5, 5.41) is 6.54. The minimum atomic E-state index is -2.86. The summed E-state index contributed by atoms with van der Waals surface area (Å²) in [5.74, 6) is -2.94. The van der Waals surface area contributed by atoms with Gasteiger partial charge in [0.25, 0.3) is 17.7 Å². The van der Waals surface area contributed by atoms with Crippen LogP contribution in [0.15, 0.2) is 78.0 Å². The van der Waals surface area contributed by atoms with E-state index >= 15 is 0 Å². The van der Waals surface area contributed by atoms with Crippen LogP contribution in [0.1, 0.15) is 73.0 Å². The van der Waals surface area contributed by atoms with Crippen LogP contribution in [-0.2, 0) is 10.7 Å². The lowest BCUT2D eigenvalue weighted by Gasteiger charge is -2.32. The Balaban J connectivity index is 1.36. The van der Waals surface area contributed by atoms with Gasteiger partial charge in [0, 0.05) is 67.6 Å². The molecule has 0 bridgehead atoms. The Bertz CT molecular complexity index is 1430. The smallest absolute Gasteiger partial charge is 0.270 e. The third-order valence-corrected chi connectivity index (χ3v) is 8.30. The number of nitrogens with one attached hydrogen (secondary N) is 2. The Morgan fingerprint density at radius 1 is 1.00 bits per heavy atom. The summed E-state index contributed by atoms with van der Waals surface area (Å²) in [5.41, 5.74) is 4.74. The number of nitrogens with zero attached hydrogens (tertiary/aromatic N) is 2. The van der Waals surface area contributed by atoms with Gasteiger partial charge < -0.3 is 20.4 Å².